The second-order valence-corrected chi connectivity index (χ2v) is 4.92. The summed E-state index contributed by atoms with van der Waals surface area (Å²) in [6, 6.07) is 0. The number of aliphatic carboxylic acids is 1. The fourth-order valence-electron chi connectivity index (χ4n) is 2.40. The Morgan fingerprint density at radius 1 is 1.28 bits per heavy atom. The first-order chi connectivity index (χ1) is 8.54. The number of unbranched alkanes of at least 4 members (excludes halogenated alkanes) is 1. The maximum absolute atomic E-state index is 11.9. The molecular formula is C13H23NO4. The van der Waals surface area contributed by atoms with Crippen LogP contribution in [0.5, 0.6) is 0 Å². The van der Waals surface area contributed by atoms with Crippen LogP contribution >= 0.6 is 0 Å². The average Bonchev–Trinajstić information content (AvgIpc) is 2.38. The van der Waals surface area contributed by atoms with Crippen LogP contribution in [0.2, 0.25) is 0 Å². The Kier molecular flexibility index (Phi) is 5.44. The van der Waals surface area contributed by atoms with Gasteiger partial charge in [0.15, 0.2) is 0 Å². The van der Waals surface area contributed by atoms with E-state index in [1.807, 2.05) is 6.92 Å². The zero-order chi connectivity index (χ0) is 13.6. The molecule has 0 saturated heterocycles. The van der Waals surface area contributed by atoms with Gasteiger partial charge in [-0.1, -0.05) is 32.6 Å². The third-order valence-corrected chi connectivity index (χ3v) is 3.72. The number of carboxylic acid groups (broad SMARTS) is 1. The van der Waals surface area contributed by atoms with Crippen LogP contribution in [0.15, 0.2) is 0 Å². The van der Waals surface area contributed by atoms with Gasteiger partial charge in [-0.05, 0) is 19.3 Å². The highest BCUT2D eigenvalue weighted by molar-refractivity contribution is 5.84. The molecule has 1 fully saturated rings. The lowest BCUT2D eigenvalue weighted by molar-refractivity contribution is -0.152. The monoisotopic (exact) mass is 257 g/mol. The van der Waals surface area contributed by atoms with Crippen LogP contribution in [-0.2, 0) is 9.53 Å². The molecule has 18 heavy (non-hydrogen) atoms. The average molecular weight is 257 g/mol. The van der Waals surface area contributed by atoms with Crippen molar-refractivity contribution in [1.29, 1.82) is 0 Å². The number of amides is 1. The summed E-state index contributed by atoms with van der Waals surface area (Å²) in [7, 11) is 1.54. The van der Waals surface area contributed by atoms with Gasteiger partial charge in [0.05, 0.1) is 6.61 Å². The number of ether oxygens (including phenoxy) is 1. The van der Waals surface area contributed by atoms with Gasteiger partial charge in [0, 0.05) is 7.05 Å². The van der Waals surface area contributed by atoms with Crippen molar-refractivity contribution in [2.45, 2.75) is 57.4 Å². The number of likely N-dealkylation sites (N-methyl/N-ethyl adjacent to an activating group) is 1. The van der Waals surface area contributed by atoms with Crippen LogP contribution in [0, 0.1) is 0 Å². The SMILES string of the molecule is CCCCOC(=O)N(C)C1(C(=O)O)CCCCC1. The van der Waals surface area contributed by atoms with Crippen molar-refractivity contribution in [3.8, 4) is 0 Å². The highest BCUT2D eigenvalue weighted by Crippen LogP contribution is 2.33. The minimum atomic E-state index is -1.07. The maximum Gasteiger partial charge on any atom is 0.410 e. The lowest BCUT2D eigenvalue weighted by atomic mass is 9.80. The summed E-state index contributed by atoms with van der Waals surface area (Å²) in [5.74, 6) is -0.919. The number of carbonyl (C=O) groups is 2. The van der Waals surface area contributed by atoms with E-state index in [1.165, 1.54) is 11.9 Å². The van der Waals surface area contributed by atoms with Gasteiger partial charge < -0.3 is 9.84 Å². The first kappa shape index (κ1) is 14.8. The lowest BCUT2D eigenvalue weighted by Crippen LogP contribution is -2.56. The van der Waals surface area contributed by atoms with Gasteiger partial charge >= 0.3 is 12.1 Å². The third kappa shape index (κ3) is 3.15. The van der Waals surface area contributed by atoms with Gasteiger partial charge in [0.1, 0.15) is 5.54 Å². The van der Waals surface area contributed by atoms with Crippen molar-refractivity contribution in [1.82, 2.24) is 4.90 Å². The summed E-state index contributed by atoms with van der Waals surface area (Å²) in [5, 5.41) is 9.43. The second kappa shape index (κ2) is 6.61. The topological polar surface area (TPSA) is 66.8 Å². The number of hydrogen-bond donors (Lipinski definition) is 1. The highest BCUT2D eigenvalue weighted by Gasteiger charge is 2.46. The van der Waals surface area contributed by atoms with Crippen LogP contribution in [-0.4, -0.2) is 41.3 Å². The Morgan fingerprint density at radius 3 is 2.39 bits per heavy atom. The molecule has 1 rings (SSSR count). The first-order valence-corrected chi connectivity index (χ1v) is 6.68. The zero-order valence-corrected chi connectivity index (χ0v) is 11.3. The molecule has 5 nitrogen and oxygen atoms in total. The molecule has 0 aromatic carbocycles. The molecule has 0 heterocycles. The van der Waals surface area contributed by atoms with E-state index in [1.54, 1.807) is 0 Å². The van der Waals surface area contributed by atoms with Crippen LogP contribution in [0.3, 0.4) is 0 Å². The quantitative estimate of drug-likeness (QED) is 0.769. The molecule has 0 aliphatic heterocycles. The molecule has 0 aromatic rings. The number of rotatable bonds is 5. The van der Waals surface area contributed by atoms with Crippen LogP contribution in [0.4, 0.5) is 4.79 Å². The predicted molar refractivity (Wildman–Crippen MR) is 67.5 cm³/mol. The van der Waals surface area contributed by atoms with Crippen LogP contribution in [0.25, 0.3) is 0 Å². The molecule has 0 bridgehead atoms. The van der Waals surface area contributed by atoms with Crippen molar-refractivity contribution >= 4 is 12.1 Å². The summed E-state index contributed by atoms with van der Waals surface area (Å²) in [5.41, 5.74) is -1.07. The summed E-state index contributed by atoms with van der Waals surface area (Å²) in [4.78, 5) is 24.7. The van der Waals surface area contributed by atoms with Crippen molar-refractivity contribution in [2.75, 3.05) is 13.7 Å². The molecule has 0 spiro atoms. The molecule has 1 amide bonds. The molecule has 1 N–H and O–H groups in total. The van der Waals surface area contributed by atoms with E-state index in [0.717, 1.165) is 32.1 Å². The maximum atomic E-state index is 11.9. The number of nitrogens with zero attached hydrogens (tertiary/aromatic N) is 1. The second-order valence-electron chi connectivity index (χ2n) is 4.92. The Balaban J connectivity index is 2.67. The van der Waals surface area contributed by atoms with E-state index in [2.05, 4.69) is 0 Å². The Bertz CT molecular complexity index is 297. The molecule has 0 radical (unpaired) electrons. The van der Waals surface area contributed by atoms with Gasteiger partial charge in [-0.25, -0.2) is 9.59 Å². The molecule has 0 unspecified atom stereocenters. The molecule has 0 atom stereocenters. The summed E-state index contributed by atoms with van der Waals surface area (Å²) in [6.45, 7) is 2.37. The Labute approximate surface area is 108 Å². The molecular weight excluding hydrogens is 234 g/mol. The zero-order valence-electron chi connectivity index (χ0n) is 11.3. The standard InChI is InChI=1S/C13H23NO4/c1-3-4-10-18-12(17)14(2)13(11(15)16)8-6-5-7-9-13/h3-10H2,1-2H3,(H,15,16). The molecule has 1 aliphatic carbocycles. The molecule has 1 aliphatic rings. The van der Waals surface area contributed by atoms with Gasteiger partial charge in [-0.2, -0.15) is 0 Å². The summed E-state index contributed by atoms with van der Waals surface area (Å²) < 4.78 is 5.10. The number of hydrogen-bond acceptors (Lipinski definition) is 3. The van der Waals surface area contributed by atoms with E-state index < -0.39 is 17.6 Å². The molecule has 1 saturated carbocycles. The third-order valence-electron chi connectivity index (χ3n) is 3.72. The fourth-order valence-corrected chi connectivity index (χ4v) is 2.40. The van der Waals surface area contributed by atoms with E-state index in [9.17, 15) is 14.7 Å². The van der Waals surface area contributed by atoms with Crippen molar-refractivity contribution in [2.24, 2.45) is 0 Å². The minimum Gasteiger partial charge on any atom is -0.479 e. The lowest BCUT2D eigenvalue weighted by Gasteiger charge is -2.40. The van der Waals surface area contributed by atoms with E-state index in [-0.39, 0.29) is 0 Å². The van der Waals surface area contributed by atoms with Crippen molar-refractivity contribution in [3.05, 3.63) is 0 Å². The highest BCUT2D eigenvalue weighted by atomic mass is 16.6. The predicted octanol–water partition coefficient (Wildman–Crippen LogP) is 2.64. The Morgan fingerprint density at radius 2 is 1.89 bits per heavy atom. The van der Waals surface area contributed by atoms with E-state index >= 15 is 0 Å². The number of carbonyl (C=O) groups excluding carboxylic acids is 1. The van der Waals surface area contributed by atoms with E-state index in [4.69, 9.17) is 4.74 Å². The fraction of sp³-hybridized carbons (Fsp3) is 0.846. The largest absolute Gasteiger partial charge is 0.479 e. The first-order valence-electron chi connectivity index (χ1n) is 6.68. The van der Waals surface area contributed by atoms with Gasteiger partial charge in [0.25, 0.3) is 0 Å². The normalized spacial score (nSPS) is 18.1. The molecule has 0 aromatic heterocycles. The van der Waals surface area contributed by atoms with Gasteiger partial charge in [0.2, 0.25) is 0 Å². The minimum absolute atomic E-state index is 0.357. The van der Waals surface area contributed by atoms with E-state index in [0.29, 0.717) is 19.4 Å². The number of carboxylic acids is 1. The van der Waals surface area contributed by atoms with Crippen LogP contribution in [0.1, 0.15) is 51.9 Å². The summed E-state index contributed by atoms with van der Waals surface area (Å²) in [6.07, 6.45) is 4.99. The Hall–Kier alpha value is -1.26. The van der Waals surface area contributed by atoms with Gasteiger partial charge in [-0.3, -0.25) is 4.90 Å². The summed E-state index contributed by atoms with van der Waals surface area (Å²) >= 11 is 0. The molecule has 5 heteroatoms. The smallest absolute Gasteiger partial charge is 0.410 e. The molecule has 104 valence electrons. The van der Waals surface area contributed by atoms with Crippen molar-refractivity contribution < 1.29 is 19.4 Å². The van der Waals surface area contributed by atoms with Gasteiger partial charge in [-0.15, -0.1) is 0 Å². The van der Waals surface area contributed by atoms with Crippen LogP contribution < -0.4 is 0 Å². The van der Waals surface area contributed by atoms with Crippen molar-refractivity contribution in [3.63, 3.8) is 0 Å².